The molecule has 3 aromatic rings. The Morgan fingerprint density at radius 1 is 1.06 bits per heavy atom. The van der Waals surface area contributed by atoms with Crippen LogP contribution >= 0.6 is 0 Å². The van der Waals surface area contributed by atoms with E-state index in [-0.39, 0.29) is 12.0 Å². The van der Waals surface area contributed by atoms with Gasteiger partial charge in [0.25, 0.3) is 5.91 Å². The van der Waals surface area contributed by atoms with E-state index < -0.39 is 0 Å². The average Bonchev–Trinajstić information content (AvgIpc) is 2.75. The molecule has 3 rings (SSSR count). The molecule has 1 amide bonds. The molecule has 0 aliphatic heterocycles. The zero-order valence-corrected chi connectivity index (χ0v) is 18.3. The van der Waals surface area contributed by atoms with E-state index in [1.165, 1.54) is 0 Å². The Hall–Kier alpha value is -3.38. The summed E-state index contributed by atoms with van der Waals surface area (Å²) >= 11 is 0. The smallest absolute Gasteiger partial charge is 0.257 e. The molecular weight excluding hydrogens is 392 g/mol. The van der Waals surface area contributed by atoms with Gasteiger partial charge in [-0.25, -0.2) is 0 Å². The SMILES string of the molecule is CCOc1ccccc1Oc1cccc(NC(=O)c2ccc(CC(C)OC)nc2C)c1. The lowest BCUT2D eigenvalue weighted by Crippen LogP contribution is -2.16. The van der Waals surface area contributed by atoms with Crippen molar-refractivity contribution in [1.29, 1.82) is 0 Å². The molecule has 162 valence electrons. The van der Waals surface area contributed by atoms with Crippen LogP contribution in [-0.2, 0) is 11.2 Å². The van der Waals surface area contributed by atoms with Crippen LogP contribution in [0.5, 0.6) is 17.2 Å². The topological polar surface area (TPSA) is 69.7 Å². The van der Waals surface area contributed by atoms with Crippen LogP contribution in [0, 0.1) is 6.92 Å². The van der Waals surface area contributed by atoms with Crippen LogP contribution in [-0.4, -0.2) is 30.7 Å². The van der Waals surface area contributed by atoms with Gasteiger partial charge >= 0.3 is 0 Å². The maximum atomic E-state index is 12.8. The summed E-state index contributed by atoms with van der Waals surface area (Å²) in [5.41, 5.74) is 2.73. The minimum Gasteiger partial charge on any atom is -0.490 e. The zero-order chi connectivity index (χ0) is 22.2. The van der Waals surface area contributed by atoms with Crippen molar-refractivity contribution in [3.05, 3.63) is 77.6 Å². The Bertz CT molecular complexity index is 1040. The average molecular weight is 421 g/mol. The number of hydrogen-bond acceptors (Lipinski definition) is 5. The Morgan fingerprint density at radius 2 is 1.84 bits per heavy atom. The largest absolute Gasteiger partial charge is 0.490 e. The predicted octanol–water partition coefficient (Wildman–Crippen LogP) is 5.41. The number of rotatable bonds is 9. The van der Waals surface area contributed by atoms with E-state index in [1.807, 2.05) is 69.3 Å². The summed E-state index contributed by atoms with van der Waals surface area (Å²) in [5, 5.41) is 2.92. The third-order valence-corrected chi connectivity index (χ3v) is 4.76. The first-order valence-corrected chi connectivity index (χ1v) is 10.3. The fraction of sp³-hybridized carbons (Fsp3) is 0.280. The third-order valence-electron chi connectivity index (χ3n) is 4.76. The molecule has 0 radical (unpaired) electrons. The number of benzene rings is 2. The molecule has 1 atom stereocenters. The van der Waals surface area contributed by atoms with Crippen molar-refractivity contribution in [1.82, 2.24) is 4.98 Å². The third kappa shape index (κ3) is 6.06. The van der Waals surface area contributed by atoms with Crippen molar-refractivity contribution >= 4 is 11.6 Å². The first-order chi connectivity index (χ1) is 15.0. The maximum Gasteiger partial charge on any atom is 0.257 e. The number of methoxy groups -OCH3 is 1. The van der Waals surface area contributed by atoms with Gasteiger partial charge in [-0.15, -0.1) is 0 Å². The Morgan fingerprint density at radius 3 is 2.55 bits per heavy atom. The molecule has 6 nitrogen and oxygen atoms in total. The van der Waals surface area contributed by atoms with Crippen LogP contribution in [0.15, 0.2) is 60.7 Å². The number of amides is 1. The molecule has 1 unspecified atom stereocenters. The molecule has 0 spiro atoms. The summed E-state index contributed by atoms with van der Waals surface area (Å²) in [5.74, 6) is 1.67. The van der Waals surface area contributed by atoms with Gasteiger partial charge in [0.15, 0.2) is 11.5 Å². The van der Waals surface area contributed by atoms with Gasteiger partial charge in [-0.1, -0.05) is 18.2 Å². The van der Waals surface area contributed by atoms with Gasteiger partial charge in [0.1, 0.15) is 5.75 Å². The minimum atomic E-state index is -0.219. The minimum absolute atomic E-state index is 0.0715. The summed E-state index contributed by atoms with van der Waals surface area (Å²) in [6.45, 7) is 6.29. The zero-order valence-electron chi connectivity index (χ0n) is 18.3. The van der Waals surface area contributed by atoms with E-state index in [1.54, 1.807) is 19.2 Å². The van der Waals surface area contributed by atoms with Crippen molar-refractivity contribution in [2.75, 3.05) is 19.0 Å². The highest BCUT2D eigenvalue weighted by Gasteiger charge is 2.13. The van der Waals surface area contributed by atoms with E-state index in [4.69, 9.17) is 14.2 Å². The maximum absolute atomic E-state index is 12.8. The number of aromatic nitrogens is 1. The van der Waals surface area contributed by atoms with E-state index in [0.717, 1.165) is 5.69 Å². The van der Waals surface area contributed by atoms with Crippen molar-refractivity contribution in [2.45, 2.75) is 33.3 Å². The lowest BCUT2D eigenvalue weighted by atomic mass is 10.1. The molecule has 31 heavy (non-hydrogen) atoms. The van der Waals surface area contributed by atoms with Gasteiger partial charge in [0.2, 0.25) is 0 Å². The fourth-order valence-corrected chi connectivity index (χ4v) is 3.12. The normalized spacial score (nSPS) is 11.6. The summed E-state index contributed by atoms with van der Waals surface area (Å²) in [7, 11) is 1.67. The molecule has 0 aliphatic rings. The van der Waals surface area contributed by atoms with Gasteiger partial charge in [0, 0.05) is 31.0 Å². The summed E-state index contributed by atoms with van der Waals surface area (Å²) in [6, 6.07) is 18.4. The molecule has 0 aliphatic carbocycles. The van der Waals surface area contributed by atoms with Crippen molar-refractivity contribution < 1.29 is 19.0 Å². The first kappa shape index (κ1) is 22.3. The van der Waals surface area contributed by atoms with Crippen molar-refractivity contribution in [3.63, 3.8) is 0 Å². The summed E-state index contributed by atoms with van der Waals surface area (Å²) in [4.78, 5) is 17.3. The molecule has 2 aromatic carbocycles. The molecule has 6 heteroatoms. The van der Waals surface area contributed by atoms with Crippen LogP contribution in [0.25, 0.3) is 0 Å². The van der Waals surface area contributed by atoms with Crippen molar-refractivity contribution in [3.8, 4) is 17.2 Å². The van der Waals surface area contributed by atoms with Crippen LogP contribution in [0.1, 0.15) is 35.6 Å². The van der Waals surface area contributed by atoms with E-state index >= 15 is 0 Å². The number of carbonyl (C=O) groups is 1. The summed E-state index contributed by atoms with van der Waals surface area (Å²) in [6.07, 6.45) is 0.768. The number of nitrogens with one attached hydrogen (secondary N) is 1. The Kier molecular flexibility index (Phi) is 7.62. The number of carbonyl (C=O) groups excluding carboxylic acids is 1. The number of anilines is 1. The standard InChI is InChI=1S/C25H28N2O4/c1-5-30-23-11-6-7-12-24(23)31-21-10-8-9-19(16-21)27-25(28)22-14-13-20(26-18(22)3)15-17(2)29-4/h6-14,16-17H,5,15H2,1-4H3,(H,27,28). The van der Waals surface area contributed by atoms with Gasteiger partial charge in [-0.3, -0.25) is 9.78 Å². The van der Waals surface area contributed by atoms with E-state index in [2.05, 4.69) is 10.3 Å². The van der Waals surface area contributed by atoms with E-state index in [0.29, 0.717) is 47.2 Å². The van der Waals surface area contributed by atoms with Gasteiger partial charge < -0.3 is 19.5 Å². The number of para-hydroxylation sites is 2. The van der Waals surface area contributed by atoms with Gasteiger partial charge in [-0.05, 0) is 57.2 Å². The van der Waals surface area contributed by atoms with Crippen LogP contribution < -0.4 is 14.8 Å². The molecule has 1 N–H and O–H groups in total. The number of nitrogens with zero attached hydrogens (tertiary/aromatic N) is 1. The predicted molar refractivity (Wildman–Crippen MR) is 121 cm³/mol. The Balaban J connectivity index is 1.72. The molecule has 0 bridgehead atoms. The second kappa shape index (κ2) is 10.6. The second-order valence-electron chi connectivity index (χ2n) is 7.15. The highest BCUT2D eigenvalue weighted by atomic mass is 16.5. The summed E-state index contributed by atoms with van der Waals surface area (Å²) < 4.78 is 16.9. The molecule has 0 saturated carbocycles. The lowest BCUT2D eigenvalue weighted by molar-refractivity contribution is 0.102. The van der Waals surface area contributed by atoms with Gasteiger partial charge in [0.05, 0.1) is 24.0 Å². The Labute approximate surface area is 183 Å². The monoisotopic (exact) mass is 420 g/mol. The van der Waals surface area contributed by atoms with Gasteiger partial charge in [-0.2, -0.15) is 0 Å². The quantitative estimate of drug-likeness (QED) is 0.501. The van der Waals surface area contributed by atoms with Crippen LogP contribution in [0.2, 0.25) is 0 Å². The first-order valence-electron chi connectivity index (χ1n) is 10.3. The molecular formula is C25H28N2O4. The highest BCUT2D eigenvalue weighted by Crippen LogP contribution is 2.32. The highest BCUT2D eigenvalue weighted by molar-refractivity contribution is 6.05. The molecule has 0 fully saturated rings. The van der Waals surface area contributed by atoms with Crippen LogP contribution in [0.4, 0.5) is 5.69 Å². The number of aryl methyl sites for hydroxylation is 1. The molecule has 0 saturated heterocycles. The van der Waals surface area contributed by atoms with E-state index in [9.17, 15) is 4.79 Å². The lowest BCUT2D eigenvalue weighted by Gasteiger charge is -2.13. The van der Waals surface area contributed by atoms with Crippen molar-refractivity contribution in [2.24, 2.45) is 0 Å². The number of ether oxygens (including phenoxy) is 3. The van der Waals surface area contributed by atoms with Crippen LogP contribution in [0.3, 0.4) is 0 Å². The molecule has 1 heterocycles. The second-order valence-corrected chi connectivity index (χ2v) is 7.15. The number of pyridine rings is 1. The fourth-order valence-electron chi connectivity index (χ4n) is 3.12. The number of hydrogen-bond donors (Lipinski definition) is 1. The molecule has 1 aromatic heterocycles.